The Morgan fingerprint density at radius 2 is 1.97 bits per heavy atom. The molecule has 0 spiro atoms. The van der Waals surface area contributed by atoms with E-state index >= 15 is 0 Å². The fraction of sp³-hybridized carbons (Fsp3) is 0.240. The van der Waals surface area contributed by atoms with E-state index in [0.29, 0.717) is 25.4 Å². The molecule has 0 atom stereocenters. The van der Waals surface area contributed by atoms with E-state index in [0.717, 1.165) is 50.0 Å². The molecule has 5 rings (SSSR count). The summed E-state index contributed by atoms with van der Waals surface area (Å²) in [5.41, 5.74) is 3.84. The molecule has 1 aliphatic rings. The monoisotopic (exact) mass is 448 g/mol. The van der Waals surface area contributed by atoms with Crippen molar-refractivity contribution < 1.29 is 19.3 Å². The van der Waals surface area contributed by atoms with Crippen molar-refractivity contribution in [3.05, 3.63) is 65.7 Å². The molecule has 1 aromatic heterocycles. The van der Waals surface area contributed by atoms with Crippen LogP contribution in [-0.4, -0.2) is 42.4 Å². The first-order valence-electron chi connectivity index (χ1n) is 10.4. The number of para-hydroxylation sites is 1. The maximum Gasteiger partial charge on any atom is 0.165 e. The second-order valence-corrected chi connectivity index (χ2v) is 8.74. The van der Waals surface area contributed by atoms with Crippen LogP contribution in [0.1, 0.15) is 11.1 Å². The van der Waals surface area contributed by atoms with Gasteiger partial charge in [0.05, 0.1) is 24.4 Å². The van der Waals surface area contributed by atoms with Crippen molar-refractivity contribution in [1.82, 2.24) is 9.88 Å². The molecule has 164 valence electrons. The molecule has 0 unspecified atom stereocenters. The number of aromatic nitrogens is 1. The lowest BCUT2D eigenvalue weighted by atomic mass is 10.1. The minimum Gasteiger partial charge on any atom is -0.504 e. The van der Waals surface area contributed by atoms with Gasteiger partial charge in [-0.15, -0.1) is 11.3 Å². The maximum atomic E-state index is 10.7. The molecule has 0 radical (unpaired) electrons. The molecule has 6 nitrogen and oxygen atoms in total. The van der Waals surface area contributed by atoms with E-state index < -0.39 is 0 Å². The zero-order chi connectivity index (χ0) is 22.1. The van der Waals surface area contributed by atoms with Crippen molar-refractivity contribution in [1.29, 1.82) is 0 Å². The third-order valence-corrected chi connectivity index (χ3v) is 6.70. The van der Waals surface area contributed by atoms with E-state index in [1.165, 1.54) is 0 Å². The number of thiazole rings is 1. The highest BCUT2D eigenvalue weighted by Gasteiger charge is 2.22. The average molecular weight is 449 g/mol. The number of hydrogen-bond acceptors (Lipinski definition) is 7. The number of fused-ring (bicyclic) bond motifs is 2. The quantitative estimate of drug-likeness (QED) is 0.459. The molecule has 0 aliphatic carbocycles. The van der Waals surface area contributed by atoms with Crippen molar-refractivity contribution in [2.75, 3.05) is 27.4 Å². The highest BCUT2D eigenvalue weighted by Crippen LogP contribution is 2.40. The second kappa shape index (κ2) is 8.68. The molecule has 1 aliphatic heterocycles. The highest BCUT2D eigenvalue weighted by molar-refractivity contribution is 7.21. The van der Waals surface area contributed by atoms with Crippen LogP contribution in [0.5, 0.6) is 23.0 Å². The van der Waals surface area contributed by atoms with Gasteiger partial charge in [-0.2, -0.15) is 0 Å². The summed E-state index contributed by atoms with van der Waals surface area (Å²) >= 11 is 1.62. The van der Waals surface area contributed by atoms with Gasteiger partial charge < -0.3 is 19.3 Å². The highest BCUT2D eigenvalue weighted by atomic mass is 32.1. The van der Waals surface area contributed by atoms with Gasteiger partial charge in [-0.05, 0) is 42.5 Å². The van der Waals surface area contributed by atoms with Crippen LogP contribution in [0.3, 0.4) is 0 Å². The Balaban J connectivity index is 1.47. The predicted molar refractivity (Wildman–Crippen MR) is 126 cm³/mol. The van der Waals surface area contributed by atoms with Crippen molar-refractivity contribution in [3.63, 3.8) is 0 Å². The van der Waals surface area contributed by atoms with E-state index in [2.05, 4.69) is 17.0 Å². The van der Waals surface area contributed by atoms with Crippen molar-refractivity contribution in [3.8, 4) is 33.6 Å². The number of hydrogen-bond donors (Lipinski definition) is 1. The van der Waals surface area contributed by atoms with Gasteiger partial charge in [0, 0.05) is 36.3 Å². The largest absolute Gasteiger partial charge is 0.504 e. The van der Waals surface area contributed by atoms with Crippen LogP contribution in [0.4, 0.5) is 0 Å². The van der Waals surface area contributed by atoms with Gasteiger partial charge in [-0.25, -0.2) is 4.98 Å². The minimum absolute atomic E-state index is 0.151. The molecule has 32 heavy (non-hydrogen) atoms. The van der Waals surface area contributed by atoms with E-state index in [-0.39, 0.29) is 5.75 Å². The van der Waals surface area contributed by atoms with E-state index in [4.69, 9.17) is 19.2 Å². The molecular formula is C25H24N2O4S. The van der Waals surface area contributed by atoms with Gasteiger partial charge in [0.15, 0.2) is 11.5 Å². The Hall–Kier alpha value is -3.29. The van der Waals surface area contributed by atoms with Crippen LogP contribution >= 0.6 is 11.3 Å². The van der Waals surface area contributed by atoms with Gasteiger partial charge >= 0.3 is 0 Å². The smallest absolute Gasteiger partial charge is 0.165 e. The van der Waals surface area contributed by atoms with Crippen LogP contribution < -0.4 is 14.2 Å². The third kappa shape index (κ3) is 3.97. The summed E-state index contributed by atoms with van der Waals surface area (Å²) in [6.45, 7) is 2.54. The van der Waals surface area contributed by atoms with E-state index in [9.17, 15) is 5.11 Å². The number of nitrogens with zero attached hydrogens (tertiary/aromatic N) is 2. The Bertz CT molecular complexity index is 1240. The van der Waals surface area contributed by atoms with Crippen LogP contribution in [-0.2, 0) is 13.1 Å². The molecule has 4 aromatic rings. The fourth-order valence-electron chi connectivity index (χ4n) is 4.05. The average Bonchev–Trinajstić information content (AvgIpc) is 3.14. The number of rotatable bonds is 5. The van der Waals surface area contributed by atoms with Gasteiger partial charge in [0.2, 0.25) is 0 Å². The molecule has 0 saturated heterocycles. The lowest BCUT2D eigenvalue weighted by Gasteiger charge is -2.21. The van der Waals surface area contributed by atoms with Crippen molar-refractivity contribution in [2.45, 2.75) is 13.1 Å². The first-order chi connectivity index (χ1) is 15.6. The Kier molecular flexibility index (Phi) is 5.59. The first-order valence-corrected chi connectivity index (χ1v) is 11.2. The Labute approximate surface area is 190 Å². The molecular weight excluding hydrogens is 424 g/mol. The van der Waals surface area contributed by atoms with Gasteiger partial charge in [-0.3, -0.25) is 4.90 Å². The van der Waals surface area contributed by atoms with E-state index in [1.807, 2.05) is 36.4 Å². The number of methoxy groups -OCH3 is 2. The number of phenols is 1. The van der Waals surface area contributed by atoms with Crippen LogP contribution in [0, 0.1) is 0 Å². The third-order valence-electron chi connectivity index (χ3n) is 5.62. The summed E-state index contributed by atoms with van der Waals surface area (Å²) < 4.78 is 18.0. The standard InChI is InChI=1S/C25H24N2O4S/c1-29-19-7-8-22(30-2)17(12-19)14-27-9-10-31-24-18(15-27)11-16(13-21(24)28)25-26-20-5-3-4-6-23(20)32-25/h3-8,11-13,28H,9-10,14-15H2,1-2H3. The number of aromatic hydroxyl groups is 1. The molecule has 0 amide bonds. The van der Waals surface area contributed by atoms with E-state index in [1.54, 1.807) is 31.6 Å². The molecule has 7 heteroatoms. The minimum atomic E-state index is 0.151. The van der Waals surface area contributed by atoms with Crippen LogP contribution in [0.25, 0.3) is 20.8 Å². The zero-order valence-electron chi connectivity index (χ0n) is 18.0. The topological polar surface area (TPSA) is 64.1 Å². The summed E-state index contributed by atoms with van der Waals surface area (Å²) in [6.07, 6.45) is 0. The summed E-state index contributed by atoms with van der Waals surface area (Å²) in [7, 11) is 3.34. The summed E-state index contributed by atoms with van der Waals surface area (Å²) in [5, 5.41) is 11.6. The van der Waals surface area contributed by atoms with Crippen LogP contribution in [0.2, 0.25) is 0 Å². The lowest BCUT2D eigenvalue weighted by molar-refractivity contribution is 0.215. The Morgan fingerprint density at radius 1 is 1.09 bits per heavy atom. The molecule has 0 saturated carbocycles. The zero-order valence-corrected chi connectivity index (χ0v) is 18.8. The SMILES string of the molecule is COc1ccc(OC)c(CN2CCOc3c(O)cc(-c4nc5ccccc5s4)cc3C2)c1. The van der Waals surface area contributed by atoms with Crippen LogP contribution in [0.15, 0.2) is 54.6 Å². The van der Waals surface area contributed by atoms with Gasteiger partial charge in [-0.1, -0.05) is 12.1 Å². The number of ether oxygens (including phenoxy) is 3. The normalized spacial score (nSPS) is 13.9. The summed E-state index contributed by atoms with van der Waals surface area (Å²) in [6, 6.07) is 17.7. The van der Waals surface area contributed by atoms with Gasteiger partial charge in [0.1, 0.15) is 23.1 Å². The second-order valence-electron chi connectivity index (χ2n) is 7.71. The molecule has 2 heterocycles. The van der Waals surface area contributed by atoms with Crippen molar-refractivity contribution in [2.24, 2.45) is 0 Å². The molecule has 0 bridgehead atoms. The maximum absolute atomic E-state index is 10.7. The number of phenolic OH excluding ortho intramolecular Hbond substituents is 1. The number of benzene rings is 3. The first kappa shape index (κ1) is 20.6. The molecule has 0 fully saturated rings. The summed E-state index contributed by atoms with van der Waals surface area (Å²) in [5.74, 6) is 2.32. The van der Waals surface area contributed by atoms with Crippen molar-refractivity contribution >= 4 is 21.6 Å². The molecule has 3 aromatic carbocycles. The lowest BCUT2D eigenvalue weighted by Crippen LogP contribution is -2.25. The van der Waals surface area contributed by atoms with Gasteiger partial charge in [0.25, 0.3) is 0 Å². The molecule has 1 N–H and O–H groups in total. The predicted octanol–water partition coefficient (Wildman–Crippen LogP) is 5.08. The summed E-state index contributed by atoms with van der Waals surface area (Å²) in [4.78, 5) is 7.03. The fourth-order valence-corrected chi connectivity index (χ4v) is 5.01. The Morgan fingerprint density at radius 3 is 2.78 bits per heavy atom.